The Hall–Kier alpha value is -1.44. The predicted octanol–water partition coefficient (Wildman–Crippen LogP) is -15.9. The van der Waals surface area contributed by atoms with E-state index in [9.17, 15) is 112 Å². The normalized spacial score (nSPS) is 55.6. The van der Waals surface area contributed by atoms with Crippen LogP contribution in [-0.4, -0.2) is 373 Å². The Balaban J connectivity index is 1.15. The van der Waals surface area contributed by atoms with E-state index in [0.717, 1.165) is 0 Å². The molecule has 23 aliphatic heterocycles. The van der Waals surface area contributed by atoms with Crippen molar-refractivity contribution in [3.05, 3.63) is 0 Å². The van der Waals surface area contributed by atoms with Gasteiger partial charge in [0.1, 0.15) is 165 Å². The fourth-order valence-electron chi connectivity index (χ4n) is 10.5. The molecule has 0 aromatic carbocycles. The molecule has 0 radical (unpaired) electrons. The van der Waals surface area contributed by atoms with E-state index in [2.05, 4.69) is 0 Å². The summed E-state index contributed by atoms with van der Waals surface area (Å²) in [5.41, 5.74) is 0. The Bertz CT molecular complexity index is 1870. The molecule has 23 aliphatic rings. The van der Waals surface area contributed by atoms with E-state index < -0.39 is 261 Å². The van der Waals surface area contributed by atoms with Crippen LogP contribution >= 0.6 is 0 Å². The monoisotopic (exact) mass is 1150 g/mol. The van der Waals surface area contributed by atoms with E-state index in [1.807, 2.05) is 0 Å². The number of ether oxygens (including phenoxy) is 14. The fourth-order valence-corrected chi connectivity index (χ4v) is 10.5. The topological polar surface area (TPSA) is 574 Å². The highest BCUT2D eigenvalue weighted by molar-refractivity contribution is 5.02. The van der Waals surface area contributed by atoms with Gasteiger partial charge in [-0.05, 0) is 0 Å². The maximum absolute atomic E-state index is 12.0. The first-order valence-electron chi connectivity index (χ1n) is 24.7. The van der Waals surface area contributed by atoms with Crippen LogP contribution < -0.4 is 0 Å². The number of hydrogen-bond acceptors (Lipinski definition) is 36. The van der Waals surface area contributed by atoms with Crippen molar-refractivity contribution in [3.63, 3.8) is 0 Å². The molecular formula is C42H70O36. The molecule has 35 atom stereocenters. The Labute approximate surface area is 439 Å². The van der Waals surface area contributed by atoms with Crippen molar-refractivity contribution in [3.8, 4) is 0 Å². The van der Waals surface area contributed by atoms with E-state index in [0.29, 0.717) is 0 Å². The van der Waals surface area contributed by atoms with E-state index in [4.69, 9.17) is 66.3 Å². The van der Waals surface area contributed by atoms with Crippen LogP contribution in [0.2, 0.25) is 0 Å². The summed E-state index contributed by atoms with van der Waals surface area (Å²) in [6, 6.07) is 0. The Morgan fingerprint density at radius 3 is 0.744 bits per heavy atom. The molecule has 0 spiro atoms. The lowest BCUT2D eigenvalue weighted by Crippen LogP contribution is -2.71. The average Bonchev–Trinajstić information content (AvgIpc) is 3.48. The molecule has 0 aromatic rings. The van der Waals surface area contributed by atoms with Gasteiger partial charge in [-0.25, -0.2) is 0 Å². The van der Waals surface area contributed by atoms with Gasteiger partial charge in [-0.1, -0.05) is 0 Å². The second-order valence-corrected chi connectivity index (χ2v) is 19.8. The van der Waals surface area contributed by atoms with Gasteiger partial charge in [-0.2, -0.15) is 0 Å². The molecule has 22 N–H and O–H groups in total. The Kier molecular flexibility index (Phi) is 20.7. The highest BCUT2D eigenvalue weighted by Gasteiger charge is 2.62. The standard InChI is InChI=1S/C42H70O36/c43-1-8-15(50)21(56)35(63)42(64,77-8)78-34-27(62)41-70-14(7-49)33(34)76-40-26(61)20(55)31(12(5-47)69-40)74-38-24(59)18(53)29(10(3-45)67-38)72-36-22(57)16(51)28(9(2-44)65-36)71-37-23(58)17(52)30(11(4-46)66-37)73-39-25(60)19(54)32(75-41)13(6-48)68-39/h8-41,43-64H,1-7H2/t8-,9-,10-,11-,12-,13-,14-,15-,16?,17?,18?,19?,20?,21+,22?,23?,24?,25?,26?,27?,28-,29-,30-,31-,32-,33?,34?,35-,36-,37-,38-,39-,40?,41-,42?/m1/s1. The number of aliphatic hydroxyl groups excluding tert-OH is 21. The molecule has 23 heterocycles. The van der Waals surface area contributed by atoms with Gasteiger partial charge in [0.2, 0.25) is 0 Å². The lowest BCUT2D eigenvalue weighted by molar-refractivity contribution is -0.480. The maximum Gasteiger partial charge on any atom is 0.311 e. The zero-order valence-corrected chi connectivity index (χ0v) is 40.6. The van der Waals surface area contributed by atoms with Gasteiger partial charge in [-0.15, -0.1) is 0 Å². The van der Waals surface area contributed by atoms with E-state index in [1.54, 1.807) is 0 Å². The SMILES string of the molecule is OC[C@H]1O[C@@H]2O[C@H]3C(O)C(O)[C@H](O[C@@H]3CO)O[C@H]3C(O)C(O)[C@H](O[C@@H]3CO)O[C@H]3C(O)C(O)[C@H](O[C@@H]3CO)O[C@H]3C(O)C(O)[C@H](O[C@@H]3CO)O[C@H]3C(O)C(O)C(OC1C(OC1(O)O[C@H](CO)[C@@H](O)[C@H](O)[C@H]1O)C2O)O[C@@H]3CO. The third kappa shape index (κ3) is 11.8. The third-order valence-corrected chi connectivity index (χ3v) is 14.9. The van der Waals surface area contributed by atoms with Crippen LogP contribution in [0.5, 0.6) is 0 Å². The lowest BCUT2D eigenvalue weighted by Gasteiger charge is -2.52. The molecule has 0 aliphatic carbocycles. The minimum absolute atomic E-state index is 1.04. The van der Waals surface area contributed by atoms with E-state index in [1.165, 1.54) is 0 Å². The molecule has 0 aromatic heterocycles. The summed E-state index contributed by atoms with van der Waals surface area (Å²) < 4.78 is 79.6. The van der Waals surface area contributed by atoms with Crippen molar-refractivity contribution in [1.82, 2.24) is 0 Å². The molecule has 12 bridgehead atoms. The molecule has 23 fully saturated rings. The van der Waals surface area contributed by atoms with E-state index in [-0.39, 0.29) is 0 Å². The molecular weight excluding hydrogens is 1080 g/mol. The number of aliphatic hydroxyl groups is 22. The molecule has 23 saturated heterocycles. The van der Waals surface area contributed by atoms with Crippen LogP contribution in [0.4, 0.5) is 0 Å². The first kappa shape index (κ1) is 62.6. The maximum atomic E-state index is 12.0. The quantitative estimate of drug-likeness (QED) is 0.0953. The van der Waals surface area contributed by atoms with Gasteiger partial charge < -0.3 is 179 Å². The summed E-state index contributed by atoms with van der Waals surface area (Å²) in [5.74, 6) is -3.57. The van der Waals surface area contributed by atoms with Gasteiger partial charge >= 0.3 is 5.97 Å². The van der Waals surface area contributed by atoms with Crippen molar-refractivity contribution in [2.24, 2.45) is 0 Å². The lowest BCUT2D eigenvalue weighted by atomic mass is 9.94. The van der Waals surface area contributed by atoms with Gasteiger partial charge in [-0.3, -0.25) is 0 Å². The third-order valence-electron chi connectivity index (χ3n) is 14.9. The van der Waals surface area contributed by atoms with Crippen LogP contribution in [0.1, 0.15) is 0 Å². The summed E-state index contributed by atoms with van der Waals surface area (Å²) in [5, 5.41) is 242. The second-order valence-electron chi connectivity index (χ2n) is 19.8. The zero-order chi connectivity index (χ0) is 57.0. The van der Waals surface area contributed by atoms with Crippen molar-refractivity contribution in [2.45, 2.75) is 215 Å². The van der Waals surface area contributed by atoms with Crippen molar-refractivity contribution in [1.29, 1.82) is 0 Å². The van der Waals surface area contributed by atoms with Gasteiger partial charge in [0.05, 0.1) is 46.2 Å². The summed E-state index contributed by atoms with van der Waals surface area (Å²) in [6.07, 6.45) is -72.3. The van der Waals surface area contributed by atoms with Crippen molar-refractivity contribution >= 4 is 0 Å². The molecule has 78 heavy (non-hydrogen) atoms. The average molecular weight is 1150 g/mol. The number of hydrogen-bond donors (Lipinski definition) is 22. The molecule has 454 valence electrons. The van der Waals surface area contributed by atoms with Gasteiger partial charge in [0, 0.05) is 0 Å². The summed E-state index contributed by atoms with van der Waals surface area (Å²) >= 11 is 0. The molecule has 0 saturated carbocycles. The van der Waals surface area contributed by atoms with Gasteiger partial charge in [0.15, 0.2) is 43.8 Å². The summed E-state index contributed by atoms with van der Waals surface area (Å²) in [4.78, 5) is 0. The van der Waals surface area contributed by atoms with Gasteiger partial charge in [0.25, 0.3) is 0 Å². The van der Waals surface area contributed by atoms with Crippen LogP contribution in [0.25, 0.3) is 0 Å². The first-order chi connectivity index (χ1) is 37.0. The summed E-state index contributed by atoms with van der Waals surface area (Å²) in [7, 11) is 0. The molecule has 23 rings (SSSR count). The second kappa shape index (κ2) is 25.8. The molecule has 36 nitrogen and oxygen atoms in total. The van der Waals surface area contributed by atoms with Crippen molar-refractivity contribution < 1.29 is 179 Å². The molecule has 15 unspecified atom stereocenters. The number of rotatable bonds is 9. The van der Waals surface area contributed by atoms with Crippen molar-refractivity contribution in [2.75, 3.05) is 46.2 Å². The predicted molar refractivity (Wildman–Crippen MR) is 230 cm³/mol. The van der Waals surface area contributed by atoms with Crippen LogP contribution in [0, 0.1) is 0 Å². The Morgan fingerprint density at radius 2 is 0.487 bits per heavy atom. The highest BCUT2D eigenvalue weighted by Crippen LogP contribution is 2.41. The van der Waals surface area contributed by atoms with E-state index >= 15 is 0 Å². The largest absolute Gasteiger partial charge is 0.394 e. The first-order valence-corrected chi connectivity index (χ1v) is 24.7. The minimum Gasteiger partial charge on any atom is -0.394 e. The minimum atomic E-state index is -3.57. The van der Waals surface area contributed by atoms with Crippen LogP contribution in [0.3, 0.4) is 0 Å². The Morgan fingerprint density at radius 1 is 0.256 bits per heavy atom. The van der Waals surface area contributed by atoms with Crippen LogP contribution in [0.15, 0.2) is 0 Å². The highest BCUT2D eigenvalue weighted by atomic mass is 16.9. The molecule has 36 heteroatoms. The zero-order valence-electron chi connectivity index (χ0n) is 40.6. The fraction of sp³-hybridized carbons (Fsp3) is 1.00. The summed E-state index contributed by atoms with van der Waals surface area (Å²) in [6.45, 7) is -7.83. The van der Waals surface area contributed by atoms with Crippen LogP contribution in [-0.2, 0) is 66.3 Å². The molecule has 0 amide bonds. The smallest absolute Gasteiger partial charge is 0.311 e.